The van der Waals surface area contributed by atoms with E-state index >= 15 is 0 Å². The Labute approximate surface area is 71.4 Å². The molecule has 1 aliphatic rings. The van der Waals surface area contributed by atoms with Crippen LogP contribution in [-0.2, 0) is 0 Å². The summed E-state index contributed by atoms with van der Waals surface area (Å²) in [6, 6.07) is 0. The summed E-state index contributed by atoms with van der Waals surface area (Å²) >= 11 is 0. The maximum absolute atomic E-state index is 2.40. The highest BCUT2D eigenvalue weighted by atomic mass is 14.7. The van der Waals surface area contributed by atoms with E-state index in [2.05, 4.69) is 41.5 Å². The highest BCUT2D eigenvalue weighted by Crippen LogP contribution is 2.70. The van der Waals surface area contributed by atoms with E-state index in [0.29, 0.717) is 10.8 Å². The van der Waals surface area contributed by atoms with E-state index in [1.807, 2.05) is 0 Å². The maximum Gasteiger partial charge on any atom is -0.0266 e. The van der Waals surface area contributed by atoms with Crippen LogP contribution in [0.3, 0.4) is 0 Å². The normalized spacial score (nSPS) is 27.5. The molecule has 11 heavy (non-hydrogen) atoms. The molecule has 1 saturated carbocycles. The van der Waals surface area contributed by atoms with Gasteiger partial charge in [-0.3, -0.25) is 0 Å². The summed E-state index contributed by atoms with van der Waals surface area (Å²) in [5.41, 5.74) is 1.19. The zero-order chi connectivity index (χ0) is 8.86. The van der Waals surface area contributed by atoms with Gasteiger partial charge in [-0.05, 0) is 29.1 Å². The smallest absolute Gasteiger partial charge is 0.0266 e. The van der Waals surface area contributed by atoms with Gasteiger partial charge in [0.2, 0.25) is 0 Å². The predicted molar refractivity (Wildman–Crippen MR) is 50.5 cm³/mol. The fraction of sp³-hybridized carbons (Fsp3) is 1.00. The van der Waals surface area contributed by atoms with E-state index in [-0.39, 0.29) is 0 Å². The molecule has 1 fully saturated rings. The van der Waals surface area contributed by atoms with Gasteiger partial charge in [0.25, 0.3) is 0 Å². The Hall–Kier alpha value is 0. The molecule has 0 amide bonds. The molecule has 0 radical (unpaired) electrons. The van der Waals surface area contributed by atoms with E-state index < -0.39 is 0 Å². The van der Waals surface area contributed by atoms with E-state index in [1.165, 1.54) is 6.42 Å². The van der Waals surface area contributed by atoms with E-state index in [1.54, 1.807) is 0 Å². The minimum Gasteiger partial charge on any atom is -0.0628 e. The molecule has 0 atom stereocenters. The minimum atomic E-state index is 0.595. The Kier molecular flexibility index (Phi) is 1.85. The molecule has 0 unspecified atom stereocenters. The molecule has 0 nitrogen and oxygen atoms in total. The Bertz CT molecular complexity index is 137. The number of hydrogen-bond acceptors (Lipinski definition) is 0. The summed E-state index contributed by atoms with van der Waals surface area (Å²) in [6.45, 7) is 14.3. The molecule has 1 aliphatic carbocycles. The molecule has 0 heteroatoms. The van der Waals surface area contributed by atoms with E-state index in [0.717, 1.165) is 11.8 Å². The minimum absolute atomic E-state index is 0.595. The zero-order valence-electron chi connectivity index (χ0n) is 8.86. The van der Waals surface area contributed by atoms with Crippen molar-refractivity contribution in [3.05, 3.63) is 0 Å². The van der Waals surface area contributed by atoms with Gasteiger partial charge >= 0.3 is 0 Å². The number of hydrogen-bond donors (Lipinski definition) is 0. The van der Waals surface area contributed by atoms with Crippen LogP contribution in [0.5, 0.6) is 0 Å². The quantitative estimate of drug-likeness (QED) is 0.568. The largest absolute Gasteiger partial charge is 0.0628 e. The molecular formula is C11H22. The van der Waals surface area contributed by atoms with Gasteiger partial charge in [0.1, 0.15) is 0 Å². The second-order valence-electron chi connectivity index (χ2n) is 5.63. The standard InChI is InChI=1S/C11H22/c1-8(2)7-9-10(3,4)11(9,5)6/h8-9H,7H2,1-6H3. The molecular weight excluding hydrogens is 132 g/mol. The second-order valence-corrected chi connectivity index (χ2v) is 5.63. The Morgan fingerprint density at radius 2 is 1.36 bits per heavy atom. The fourth-order valence-electron chi connectivity index (χ4n) is 2.39. The van der Waals surface area contributed by atoms with Gasteiger partial charge in [0.05, 0.1) is 0 Å². The van der Waals surface area contributed by atoms with Gasteiger partial charge in [-0.2, -0.15) is 0 Å². The third-order valence-electron chi connectivity index (χ3n) is 4.03. The van der Waals surface area contributed by atoms with Gasteiger partial charge in [0.15, 0.2) is 0 Å². The topological polar surface area (TPSA) is 0 Å². The first kappa shape index (κ1) is 9.09. The molecule has 0 aromatic heterocycles. The third-order valence-corrected chi connectivity index (χ3v) is 4.03. The van der Waals surface area contributed by atoms with Gasteiger partial charge in [0, 0.05) is 0 Å². The van der Waals surface area contributed by atoms with Crippen molar-refractivity contribution in [1.82, 2.24) is 0 Å². The van der Waals surface area contributed by atoms with Crippen LogP contribution in [0.4, 0.5) is 0 Å². The van der Waals surface area contributed by atoms with Crippen molar-refractivity contribution >= 4 is 0 Å². The summed E-state index contributed by atoms with van der Waals surface area (Å²) < 4.78 is 0. The average Bonchev–Trinajstić information content (AvgIpc) is 2.11. The molecule has 0 N–H and O–H groups in total. The summed E-state index contributed by atoms with van der Waals surface area (Å²) in [6.07, 6.45) is 1.40. The van der Waals surface area contributed by atoms with Crippen LogP contribution >= 0.6 is 0 Å². The number of rotatable bonds is 2. The average molecular weight is 154 g/mol. The van der Waals surface area contributed by atoms with Crippen molar-refractivity contribution < 1.29 is 0 Å². The Balaban J connectivity index is 2.54. The van der Waals surface area contributed by atoms with Gasteiger partial charge < -0.3 is 0 Å². The second kappa shape index (κ2) is 2.24. The third kappa shape index (κ3) is 1.21. The SMILES string of the molecule is CC(C)CC1C(C)(C)C1(C)C. The highest BCUT2D eigenvalue weighted by Gasteiger charge is 2.63. The van der Waals surface area contributed by atoms with Crippen LogP contribution in [0.1, 0.15) is 48.0 Å². The lowest BCUT2D eigenvalue weighted by Gasteiger charge is -2.04. The van der Waals surface area contributed by atoms with Crippen molar-refractivity contribution in [2.45, 2.75) is 48.0 Å². The van der Waals surface area contributed by atoms with Crippen LogP contribution in [0.15, 0.2) is 0 Å². The Morgan fingerprint density at radius 1 is 1.00 bits per heavy atom. The molecule has 1 rings (SSSR count). The molecule has 0 heterocycles. The summed E-state index contributed by atoms with van der Waals surface area (Å²) in [4.78, 5) is 0. The monoisotopic (exact) mass is 154 g/mol. The first-order valence-corrected chi connectivity index (χ1v) is 4.80. The first-order chi connectivity index (χ1) is 4.80. The molecule has 0 saturated heterocycles. The van der Waals surface area contributed by atoms with Crippen molar-refractivity contribution in [2.24, 2.45) is 22.7 Å². The van der Waals surface area contributed by atoms with Crippen LogP contribution < -0.4 is 0 Å². The lowest BCUT2D eigenvalue weighted by molar-refractivity contribution is 0.457. The molecule has 66 valence electrons. The van der Waals surface area contributed by atoms with Crippen molar-refractivity contribution in [3.63, 3.8) is 0 Å². The lowest BCUT2D eigenvalue weighted by Crippen LogP contribution is -1.95. The van der Waals surface area contributed by atoms with Crippen molar-refractivity contribution in [2.75, 3.05) is 0 Å². The molecule has 0 aliphatic heterocycles. The zero-order valence-corrected chi connectivity index (χ0v) is 8.86. The van der Waals surface area contributed by atoms with Gasteiger partial charge in [-0.1, -0.05) is 41.5 Å². The van der Waals surface area contributed by atoms with Gasteiger partial charge in [-0.15, -0.1) is 0 Å². The Morgan fingerprint density at radius 3 is 1.45 bits per heavy atom. The highest BCUT2D eigenvalue weighted by molar-refractivity contribution is 5.11. The molecule has 0 bridgehead atoms. The van der Waals surface area contributed by atoms with E-state index in [9.17, 15) is 0 Å². The molecule has 0 aromatic rings. The molecule has 0 spiro atoms. The lowest BCUT2D eigenvalue weighted by atomic mass is 10.0. The summed E-state index contributed by atoms with van der Waals surface area (Å²) in [5.74, 6) is 1.82. The van der Waals surface area contributed by atoms with Crippen LogP contribution in [0.25, 0.3) is 0 Å². The van der Waals surface area contributed by atoms with Gasteiger partial charge in [-0.25, -0.2) is 0 Å². The maximum atomic E-state index is 2.40. The first-order valence-electron chi connectivity index (χ1n) is 4.80. The predicted octanol–water partition coefficient (Wildman–Crippen LogP) is 3.71. The van der Waals surface area contributed by atoms with Crippen molar-refractivity contribution in [3.8, 4) is 0 Å². The van der Waals surface area contributed by atoms with Crippen molar-refractivity contribution in [1.29, 1.82) is 0 Å². The van der Waals surface area contributed by atoms with E-state index in [4.69, 9.17) is 0 Å². The van der Waals surface area contributed by atoms with Crippen LogP contribution in [0, 0.1) is 22.7 Å². The van der Waals surface area contributed by atoms with Crippen LogP contribution in [-0.4, -0.2) is 0 Å². The summed E-state index contributed by atoms with van der Waals surface area (Å²) in [7, 11) is 0. The fourth-order valence-corrected chi connectivity index (χ4v) is 2.39. The molecule has 0 aromatic carbocycles. The summed E-state index contributed by atoms with van der Waals surface area (Å²) in [5, 5.41) is 0. The van der Waals surface area contributed by atoms with Crippen LogP contribution in [0.2, 0.25) is 0 Å².